The summed E-state index contributed by atoms with van der Waals surface area (Å²) in [6, 6.07) is 77.2. The minimum atomic E-state index is 0.688. The number of pyridine rings is 1. The molecule has 0 aliphatic rings. The molecule has 5 heteroatoms. The van der Waals surface area contributed by atoms with Crippen molar-refractivity contribution in [1.82, 2.24) is 19.6 Å². The smallest absolute Gasteiger partial charge is 0.160 e. The van der Waals surface area contributed by atoms with Gasteiger partial charge >= 0.3 is 0 Å². The second-order valence-corrected chi connectivity index (χ2v) is 16.6. The van der Waals surface area contributed by atoms with E-state index in [2.05, 4.69) is 205 Å². The van der Waals surface area contributed by atoms with Gasteiger partial charge in [-0.2, -0.15) is 5.10 Å². The molecule has 0 amide bonds. The largest absolute Gasteiger partial charge is 0.231 e. The van der Waals surface area contributed by atoms with Gasteiger partial charge in [0.1, 0.15) is 5.69 Å². The van der Waals surface area contributed by atoms with Crippen LogP contribution in [0.3, 0.4) is 0 Å². The fourth-order valence-electron chi connectivity index (χ4n) is 8.84. The monoisotopic (exact) mass is 808 g/mol. The lowest BCUT2D eigenvalue weighted by Gasteiger charge is -2.11. The van der Waals surface area contributed by atoms with E-state index in [9.17, 15) is 0 Å². The molecule has 12 rings (SSSR count). The van der Waals surface area contributed by atoms with Gasteiger partial charge in [-0.1, -0.05) is 200 Å². The lowest BCUT2D eigenvalue weighted by atomic mass is 9.96. The first kappa shape index (κ1) is 35.9. The third kappa shape index (κ3) is 6.18. The van der Waals surface area contributed by atoms with Gasteiger partial charge in [0.15, 0.2) is 5.82 Å². The number of aromatic nitrogens is 4. The molecule has 0 spiro atoms. The Kier molecular flexibility index (Phi) is 8.65. The van der Waals surface area contributed by atoms with Gasteiger partial charge in [-0.05, 0) is 40.3 Å². The molecule has 0 unspecified atom stereocenters. The van der Waals surface area contributed by atoms with Gasteiger partial charge in [-0.25, -0.2) is 14.5 Å². The van der Waals surface area contributed by atoms with E-state index in [-0.39, 0.29) is 0 Å². The molecule has 8 aromatic carbocycles. The number of hydrogen-bond donors (Lipinski definition) is 0. The summed E-state index contributed by atoms with van der Waals surface area (Å²) in [4.78, 5) is 10.3. The van der Waals surface area contributed by atoms with E-state index in [1.165, 1.54) is 36.7 Å². The normalized spacial score (nSPS) is 11.5. The summed E-state index contributed by atoms with van der Waals surface area (Å²) in [7, 11) is 0. The van der Waals surface area contributed by atoms with Crippen LogP contribution in [-0.2, 0) is 0 Å². The summed E-state index contributed by atoms with van der Waals surface area (Å²) in [5.41, 5.74) is 14.6. The Morgan fingerprint density at radius 3 is 1.63 bits per heavy atom. The molecule has 0 saturated heterocycles. The number of fused-ring (bicyclic) bond motifs is 6. The zero-order chi connectivity index (χ0) is 41.0. The first-order chi connectivity index (χ1) is 30.7. The quantitative estimate of drug-likeness (QED) is 0.161. The maximum atomic E-state index is 5.44. The van der Waals surface area contributed by atoms with Gasteiger partial charge in [0, 0.05) is 58.9 Å². The van der Waals surface area contributed by atoms with Crippen molar-refractivity contribution >= 4 is 47.8 Å². The molecule has 0 radical (unpaired) electrons. The van der Waals surface area contributed by atoms with Gasteiger partial charge < -0.3 is 0 Å². The second-order valence-electron chi connectivity index (χ2n) is 15.6. The van der Waals surface area contributed by atoms with E-state index in [1.54, 1.807) is 0 Å². The van der Waals surface area contributed by atoms with E-state index >= 15 is 0 Å². The molecular formula is C57H36N4S. The van der Waals surface area contributed by atoms with Crippen LogP contribution in [0.4, 0.5) is 0 Å². The molecular weight excluding hydrogens is 773 g/mol. The van der Waals surface area contributed by atoms with Gasteiger partial charge in [0.05, 0.1) is 22.6 Å². The predicted octanol–water partition coefficient (Wildman–Crippen LogP) is 15.3. The first-order valence-electron chi connectivity index (χ1n) is 20.9. The molecule has 0 aliphatic heterocycles. The maximum absolute atomic E-state index is 5.44. The van der Waals surface area contributed by atoms with Crippen molar-refractivity contribution in [2.45, 2.75) is 0 Å². The molecule has 12 aromatic rings. The molecule has 0 saturated carbocycles. The molecule has 4 aromatic heterocycles. The number of benzene rings is 8. The molecule has 4 heterocycles. The van der Waals surface area contributed by atoms with E-state index in [1.807, 2.05) is 29.5 Å². The Morgan fingerprint density at radius 2 is 0.935 bits per heavy atom. The Labute approximate surface area is 362 Å². The molecule has 0 atom stereocenters. The van der Waals surface area contributed by atoms with Crippen LogP contribution in [0.5, 0.6) is 0 Å². The molecule has 0 fully saturated rings. The van der Waals surface area contributed by atoms with Crippen LogP contribution in [0.1, 0.15) is 0 Å². The average molecular weight is 809 g/mol. The van der Waals surface area contributed by atoms with Crippen LogP contribution in [-0.4, -0.2) is 19.6 Å². The van der Waals surface area contributed by atoms with Crippen molar-refractivity contribution in [2.75, 3.05) is 0 Å². The van der Waals surface area contributed by atoms with Gasteiger partial charge in [0.2, 0.25) is 0 Å². The van der Waals surface area contributed by atoms with Crippen molar-refractivity contribution in [3.05, 3.63) is 218 Å². The summed E-state index contributed by atoms with van der Waals surface area (Å²) in [6.07, 6.45) is 0. The average Bonchev–Trinajstić information content (AvgIpc) is 3.95. The van der Waals surface area contributed by atoms with E-state index in [0.717, 1.165) is 72.6 Å². The number of nitrogens with zero attached hydrogens (tertiary/aromatic N) is 4. The van der Waals surface area contributed by atoms with Crippen molar-refractivity contribution in [1.29, 1.82) is 0 Å². The third-order valence-corrected chi connectivity index (χ3v) is 13.1. The van der Waals surface area contributed by atoms with E-state index < -0.39 is 0 Å². The van der Waals surface area contributed by atoms with Crippen LogP contribution in [0.15, 0.2) is 218 Å². The summed E-state index contributed by atoms with van der Waals surface area (Å²) >= 11 is 1.86. The molecule has 62 heavy (non-hydrogen) atoms. The summed E-state index contributed by atoms with van der Waals surface area (Å²) in [6.45, 7) is 0. The second kappa shape index (κ2) is 14.9. The lowest BCUT2D eigenvalue weighted by Crippen LogP contribution is -1.96. The first-order valence-corrected chi connectivity index (χ1v) is 21.7. The number of rotatable bonds is 7. The predicted molar refractivity (Wildman–Crippen MR) is 259 cm³/mol. The minimum absolute atomic E-state index is 0.688. The highest BCUT2D eigenvalue weighted by molar-refractivity contribution is 7.26. The highest BCUT2D eigenvalue weighted by Gasteiger charge is 2.22. The fraction of sp³-hybridized carbons (Fsp3) is 0. The maximum Gasteiger partial charge on any atom is 0.160 e. The van der Waals surface area contributed by atoms with Crippen LogP contribution < -0.4 is 0 Å². The van der Waals surface area contributed by atoms with Crippen LogP contribution in [0.2, 0.25) is 0 Å². The fourth-order valence-corrected chi connectivity index (χ4v) is 10.1. The van der Waals surface area contributed by atoms with Gasteiger partial charge in [0.25, 0.3) is 0 Å². The van der Waals surface area contributed by atoms with Crippen molar-refractivity contribution in [3.63, 3.8) is 0 Å². The molecule has 0 bridgehead atoms. The van der Waals surface area contributed by atoms with Crippen molar-refractivity contribution in [2.24, 2.45) is 0 Å². The van der Waals surface area contributed by atoms with Crippen LogP contribution in [0.25, 0.3) is 115 Å². The summed E-state index contributed by atoms with van der Waals surface area (Å²) < 4.78 is 4.76. The summed E-state index contributed by atoms with van der Waals surface area (Å²) in [5.74, 6) is 0.688. The topological polar surface area (TPSA) is 43.1 Å². The SMILES string of the molecule is c1ccc(-c2nc(-c3ccc(-c4nn5c(-c6ccccc6)cc6ccccc6c5c4-c4ccccc4)cc3)cc(-c3ccc(-c4cccc5c4sc4ccccc45)cc3)n2)cc1. The number of hydrogen-bond acceptors (Lipinski definition) is 4. The highest BCUT2D eigenvalue weighted by atomic mass is 32.1. The summed E-state index contributed by atoms with van der Waals surface area (Å²) in [5, 5.41) is 10.4. The molecule has 0 aliphatic carbocycles. The van der Waals surface area contributed by atoms with Gasteiger partial charge in [-0.3, -0.25) is 0 Å². The Bertz CT molecular complexity index is 3590. The molecule has 0 N–H and O–H groups in total. The Morgan fingerprint density at radius 1 is 0.387 bits per heavy atom. The third-order valence-electron chi connectivity index (χ3n) is 11.9. The van der Waals surface area contributed by atoms with Gasteiger partial charge in [-0.15, -0.1) is 11.3 Å². The van der Waals surface area contributed by atoms with E-state index in [0.29, 0.717) is 5.82 Å². The Balaban J connectivity index is 0.973. The lowest BCUT2D eigenvalue weighted by molar-refractivity contribution is 0.979. The van der Waals surface area contributed by atoms with Crippen LogP contribution >= 0.6 is 11.3 Å². The zero-order valence-corrected chi connectivity index (χ0v) is 34.3. The number of thiophene rings is 1. The standard InChI is InChI=1S/C57H36N4S/c1-4-15-40(16-5-1)51-35-44-21-10-11-22-45(44)55-53(41-17-6-2-7-18-41)54(60-61(51)55)42-33-31-39(32-34-42)50-36-49(58-57(59-50)43-19-8-3-9-20-43)38-29-27-37(28-30-38)46-24-14-25-48-47-23-12-13-26-52(47)62-56(46)48/h1-36H. The molecule has 290 valence electrons. The van der Waals surface area contributed by atoms with Crippen molar-refractivity contribution in [3.8, 4) is 78.7 Å². The highest BCUT2D eigenvalue weighted by Crippen LogP contribution is 2.43. The van der Waals surface area contributed by atoms with Crippen molar-refractivity contribution < 1.29 is 0 Å². The zero-order valence-electron chi connectivity index (χ0n) is 33.5. The molecule has 4 nitrogen and oxygen atoms in total. The Hall–Kier alpha value is -7.99. The van der Waals surface area contributed by atoms with E-state index in [4.69, 9.17) is 15.1 Å². The minimum Gasteiger partial charge on any atom is -0.231 e. The van der Waals surface area contributed by atoms with Crippen LogP contribution in [0, 0.1) is 0 Å².